The summed E-state index contributed by atoms with van der Waals surface area (Å²) >= 11 is 0. The normalized spacial score (nSPS) is 10.7. The van der Waals surface area contributed by atoms with Crippen molar-refractivity contribution in [2.24, 2.45) is 0 Å². The minimum atomic E-state index is 0.722. The molecule has 3 N–H and O–H groups in total. The van der Waals surface area contributed by atoms with Crippen LogP contribution in [0.25, 0.3) is 0 Å². The molecule has 1 heterocycles. The first-order valence-corrected chi connectivity index (χ1v) is 6.84. The molecule has 0 aliphatic carbocycles. The van der Waals surface area contributed by atoms with Crippen LogP contribution in [0.5, 0.6) is 0 Å². The molecule has 4 nitrogen and oxygen atoms in total. The van der Waals surface area contributed by atoms with Crippen LogP contribution in [0.4, 0.5) is 17.2 Å². The topological polar surface area (TPSA) is 55.9 Å². The summed E-state index contributed by atoms with van der Waals surface area (Å²) in [7, 11) is 0. The number of nitrogens with one attached hydrogen (secondary N) is 1. The molecule has 19 heavy (non-hydrogen) atoms. The van der Waals surface area contributed by atoms with E-state index < -0.39 is 0 Å². The van der Waals surface area contributed by atoms with Crippen LogP contribution < -0.4 is 11.1 Å². The standard InChI is InChI=1S/C15H22N4/c1-4-6-12-7-9-13(10-8-12)17-15-14(16)11(3)18-19(15)5-2/h7-10,17H,4-6,16H2,1-3H3. The predicted molar refractivity (Wildman–Crippen MR) is 80.8 cm³/mol. The number of aromatic nitrogens is 2. The average molecular weight is 258 g/mol. The largest absolute Gasteiger partial charge is 0.394 e. The highest BCUT2D eigenvalue weighted by Gasteiger charge is 2.11. The van der Waals surface area contributed by atoms with Crippen LogP contribution in [0.3, 0.4) is 0 Å². The number of nitrogen functional groups attached to an aromatic ring is 1. The summed E-state index contributed by atoms with van der Waals surface area (Å²) in [4.78, 5) is 0. The minimum Gasteiger partial charge on any atom is -0.394 e. The van der Waals surface area contributed by atoms with Crippen molar-refractivity contribution in [2.75, 3.05) is 11.1 Å². The lowest BCUT2D eigenvalue weighted by atomic mass is 10.1. The zero-order chi connectivity index (χ0) is 13.8. The summed E-state index contributed by atoms with van der Waals surface area (Å²) in [5, 5.41) is 7.76. The van der Waals surface area contributed by atoms with Gasteiger partial charge in [-0.25, -0.2) is 4.68 Å². The van der Waals surface area contributed by atoms with Crippen LogP contribution >= 0.6 is 0 Å². The second-order valence-corrected chi connectivity index (χ2v) is 4.74. The number of rotatable bonds is 5. The zero-order valence-corrected chi connectivity index (χ0v) is 11.9. The van der Waals surface area contributed by atoms with E-state index in [1.54, 1.807) is 0 Å². The predicted octanol–water partition coefficient (Wildman–Crippen LogP) is 3.49. The molecule has 2 rings (SSSR count). The number of hydrogen-bond acceptors (Lipinski definition) is 3. The van der Waals surface area contributed by atoms with Crippen LogP contribution in [0.2, 0.25) is 0 Å². The Labute approximate surface area is 114 Å². The molecule has 0 bridgehead atoms. The van der Waals surface area contributed by atoms with Gasteiger partial charge in [-0.15, -0.1) is 0 Å². The molecular weight excluding hydrogens is 236 g/mol. The summed E-state index contributed by atoms with van der Waals surface area (Å²) in [6.07, 6.45) is 2.29. The van der Waals surface area contributed by atoms with Gasteiger partial charge in [-0.3, -0.25) is 0 Å². The highest BCUT2D eigenvalue weighted by Crippen LogP contribution is 2.26. The van der Waals surface area contributed by atoms with Gasteiger partial charge in [0.2, 0.25) is 0 Å². The van der Waals surface area contributed by atoms with Gasteiger partial charge in [0, 0.05) is 12.2 Å². The van der Waals surface area contributed by atoms with Crippen LogP contribution in [0, 0.1) is 6.92 Å². The first-order valence-electron chi connectivity index (χ1n) is 6.84. The molecule has 1 aromatic carbocycles. The maximum atomic E-state index is 6.06. The van der Waals surface area contributed by atoms with Gasteiger partial charge >= 0.3 is 0 Å². The quantitative estimate of drug-likeness (QED) is 0.863. The van der Waals surface area contributed by atoms with Gasteiger partial charge in [-0.05, 0) is 38.0 Å². The maximum absolute atomic E-state index is 6.06. The van der Waals surface area contributed by atoms with Gasteiger partial charge in [0.1, 0.15) is 0 Å². The van der Waals surface area contributed by atoms with E-state index in [0.29, 0.717) is 0 Å². The van der Waals surface area contributed by atoms with Crippen molar-refractivity contribution in [3.8, 4) is 0 Å². The molecule has 0 atom stereocenters. The number of anilines is 3. The van der Waals surface area contributed by atoms with Crippen molar-refractivity contribution in [1.82, 2.24) is 9.78 Å². The smallest absolute Gasteiger partial charge is 0.152 e. The molecule has 0 saturated heterocycles. The Morgan fingerprint density at radius 3 is 2.47 bits per heavy atom. The van der Waals surface area contributed by atoms with Gasteiger partial charge in [0.15, 0.2) is 5.82 Å². The number of nitrogens with two attached hydrogens (primary N) is 1. The van der Waals surface area contributed by atoms with Crippen molar-refractivity contribution in [3.63, 3.8) is 0 Å². The average Bonchev–Trinajstić information content (AvgIpc) is 2.69. The molecule has 0 aliphatic heterocycles. The Morgan fingerprint density at radius 1 is 1.21 bits per heavy atom. The third-order valence-corrected chi connectivity index (χ3v) is 3.23. The van der Waals surface area contributed by atoms with Crippen molar-refractivity contribution in [1.29, 1.82) is 0 Å². The van der Waals surface area contributed by atoms with E-state index in [-0.39, 0.29) is 0 Å². The zero-order valence-electron chi connectivity index (χ0n) is 11.9. The molecule has 0 fully saturated rings. The molecule has 0 aliphatic rings. The van der Waals surface area contributed by atoms with Crippen LogP contribution in [0.1, 0.15) is 31.5 Å². The first kappa shape index (κ1) is 13.5. The summed E-state index contributed by atoms with van der Waals surface area (Å²) < 4.78 is 1.89. The molecule has 2 aromatic rings. The lowest BCUT2D eigenvalue weighted by Crippen LogP contribution is -2.04. The van der Waals surface area contributed by atoms with Crippen molar-refractivity contribution >= 4 is 17.2 Å². The number of aryl methyl sites for hydroxylation is 3. The van der Waals surface area contributed by atoms with Gasteiger partial charge < -0.3 is 11.1 Å². The first-order chi connectivity index (χ1) is 9.15. The van der Waals surface area contributed by atoms with E-state index in [0.717, 1.165) is 35.9 Å². The summed E-state index contributed by atoms with van der Waals surface area (Å²) in [6, 6.07) is 8.49. The van der Waals surface area contributed by atoms with Gasteiger partial charge in [-0.2, -0.15) is 5.10 Å². The summed E-state index contributed by atoms with van der Waals surface area (Å²) in [5.74, 6) is 0.878. The summed E-state index contributed by atoms with van der Waals surface area (Å²) in [6.45, 7) is 6.97. The van der Waals surface area contributed by atoms with E-state index in [9.17, 15) is 0 Å². The fourth-order valence-electron chi connectivity index (χ4n) is 2.14. The van der Waals surface area contributed by atoms with Gasteiger partial charge in [0.05, 0.1) is 11.4 Å². The van der Waals surface area contributed by atoms with Crippen LogP contribution in [0.15, 0.2) is 24.3 Å². The van der Waals surface area contributed by atoms with Crippen molar-refractivity contribution < 1.29 is 0 Å². The Bertz CT molecular complexity index is 540. The fourth-order valence-corrected chi connectivity index (χ4v) is 2.14. The molecular formula is C15H22N4. The molecule has 0 saturated carbocycles. The Hall–Kier alpha value is -1.97. The Balaban J connectivity index is 2.21. The Morgan fingerprint density at radius 2 is 1.89 bits per heavy atom. The SMILES string of the molecule is CCCc1ccc(Nc2c(N)c(C)nn2CC)cc1. The van der Waals surface area contributed by atoms with Crippen LogP contribution in [-0.4, -0.2) is 9.78 Å². The van der Waals surface area contributed by atoms with Crippen molar-refractivity contribution in [3.05, 3.63) is 35.5 Å². The van der Waals surface area contributed by atoms with Crippen molar-refractivity contribution in [2.45, 2.75) is 40.2 Å². The minimum absolute atomic E-state index is 0.722. The van der Waals surface area contributed by atoms with Gasteiger partial charge in [0.25, 0.3) is 0 Å². The number of nitrogens with zero attached hydrogens (tertiary/aromatic N) is 2. The van der Waals surface area contributed by atoms with E-state index in [2.05, 4.69) is 48.5 Å². The second kappa shape index (κ2) is 5.78. The second-order valence-electron chi connectivity index (χ2n) is 4.74. The van der Waals surface area contributed by atoms with E-state index in [1.807, 2.05) is 11.6 Å². The van der Waals surface area contributed by atoms with Gasteiger partial charge in [-0.1, -0.05) is 25.5 Å². The highest BCUT2D eigenvalue weighted by atomic mass is 15.3. The van der Waals surface area contributed by atoms with E-state index >= 15 is 0 Å². The molecule has 102 valence electrons. The fraction of sp³-hybridized carbons (Fsp3) is 0.400. The molecule has 0 radical (unpaired) electrons. The molecule has 0 unspecified atom stereocenters. The van der Waals surface area contributed by atoms with E-state index in [1.165, 1.54) is 12.0 Å². The maximum Gasteiger partial charge on any atom is 0.152 e. The lowest BCUT2D eigenvalue weighted by molar-refractivity contribution is 0.661. The highest BCUT2D eigenvalue weighted by molar-refractivity contribution is 5.71. The van der Waals surface area contributed by atoms with Crippen LogP contribution in [-0.2, 0) is 13.0 Å². The third-order valence-electron chi connectivity index (χ3n) is 3.23. The third kappa shape index (κ3) is 2.89. The molecule has 1 aromatic heterocycles. The monoisotopic (exact) mass is 258 g/mol. The molecule has 0 spiro atoms. The lowest BCUT2D eigenvalue weighted by Gasteiger charge is -2.10. The van der Waals surface area contributed by atoms with E-state index in [4.69, 9.17) is 5.73 Å². The Kier molecular flexibility index (Phi) is 4.10. The molecule has 0 amide bonds. The number of benzene rings is 1. The number of hydrogen-bond donors (Lipinski definition) is 2. The summed E-state index contributed by atoms with van der Waals surface area (Å²) in [5.41, 5.74) is 10.1. The molecule has 4 heteroatoms.